The molecule has 0 bridgehead atoms. The Morgan fingerprint density at radius 2 is 1.73 bits per heavy atom. The van der Waals surface area contributed by atoms with E-state index in [0.717, 1.165) is 21.3 Å². The molecule has 1 saturated heterocycles. The molecule has 2 aromatic carbocycles. The van der Waals surface area contributed by atoms with E-state index >= 15 is 0 Å². The predicted octanol–water partition coefficient (Wildman–Crippen LogP) is 4.79. The lowest BCUT2D eigenvalue weighted by atomic mass is 9.93. The lowest BCUT2D eigenvalue weighted by molar-refractivity contribution is -0.0441. The van der Waals surface area contributed by atoms with Crippen molar-refractivity contribution in [3.63, 3.8) is 0 Å². The molecule has 0 amide bonds. The van der Waals surface area contributed by atoms with Crippen LogP contribution in [0.3, 0.4) is 0 Å². The Morgan fingerprint density at radius 1 is 1.09 bits per heavy atom. The molecule has 116 valence electrons. The molecule has 3 nitrogen and oxygen atoms in total. The Labute approximate surface area is 139 Å². The normalized spacial score (nSPS) is 15.3. The van der Waals surface area contributed by atoms with Crippen molar-refractivity contribution in [3.05, 3.63) is 51.5 Å². The number of ether oxygens (including phenoxy) is 3. The van der Waals surface area contributed by atoms with Crippen molar-refractivity contribution in [1.29, 1.82) is 0 Å². The van der Waals surface area contributed by atoms with Crippen LogP contribution in [0.25, 0.3) is 11.1 Å². The SMILES string of the molecule is COc1c(Br)cc(C2OCCO2)cc1-c1c(C)cccc1C. The minimum Gasteiger partial charge on any atom is -0.495 e. The molecule has 1 aliphatic heterocycles. The molecule has 1 aliphatic rings. The Kier molecular flexibility index (Phi) is 4.52. The number of methoxy groups -OCH3 is 1. The summed E-state index contributed by atoms with van der Waals surface area (Å²) < 4.78 is 17.8. The smallest absolute Gasteiger partial charge is 0.184 e. The first kappa shape index (κ1) is 15.5. The van der Waals surface area contributed by atoms with Crippen molar-refractivity contribution in [2.45, 2.75) is 20.1 Å². The van der Waals surface area contributed by atoms with Gasteiger partial charge in [0.15, 0.2) is 6.29 Å². The lowest BCUT2D eigenvalue weighted by Crippen LogP contribution is -2.01. The molecule has 1 fully saturated rings. The second kappa shape index (κ2) is 6.41. The zero-order valence-corrected chi connectivity index (χ0v) is 14.6. The van der Waals surface area contributed by atoms with Crippen LogP contribution < -0.4 is 4.74 Å². The summed E-state index contributed by atoms with van der Waals surface area (Å²) in [6.07, 6.45) is -0.301. The summed E-state index contributed by atoms with van der Waals surface area (Å²) in [5.74, 6) is 0.833. The molecule has 0 radical (unpaired) electrons. The van der Waals surface area contributed by atoms with Crippen molar-refractivity contribution in [2.24, 2.45) is 0 Å². The number of aryl methyl sites for hydroxylation is 2. The third kappa shape index (κ3) is 2.78. The van der Waals surface area contributed by atoms with E-state index in [1.807, 2.05) is 6.07 Å². The molecule has 4 heteroatoms. The quantitative estimate of drug-likeness (QED) is 0.785. The molecule has 0 aromatic heterocycles. The summed E-state index contributed by atoms with van der Waals surface area (Å²) in [4.78, 5) is 0. The van der Waals surface area contributed by atoms with Gasteiger partial charge in [0.2, 0.25) is 0 Å². The number of rotatable bonds is 3. The van der Waals surface area contributed by atoms with Crippen molar-refractivity contribution in [1.82, 2.24) is 0 Å². The molecule has 0 spiro atoms. The fraction of sp³-hybridized carbons (Fsp3) is 0.333. The van der Waals surface area contributed by atoms with Crippen LogP contribution in [0.15, 0.2) is 34.8 Å². The summed E-state index contributed by atoms with van der Waals surface area (Å²) in [7, 11) is 1.69. The highest BCUT2D eigenvalue weighted by molar-refractivity contribution is 9.10. The summed E-state index contributed by atoms with van der Waals surface area (Å²) >= 11 is 3.62. The van der Waals surface area contributed by atoms with E-state index in [9.17, 15) is 0 Å². The van der Waals surface area contributed by atoms with Gasteiger partial charge < -0.3 is 14.2 Å². The maximum absolute atomic E-state index is 5.63. The van der Waals surface area contributed by atoms with Gasteiger partial charge in [-0.15, -0.1) is 0 Å². The average molecular weight is 363 g/mol. The molecular weight excluding hydrogens is 344 g/mol. The Hall–Kier alpha value is -1.36. The molecular formula is C18H19BrO3. The summed E-state index contributed by atoms with van der Waals surface area (Å²) in [5, 5.41) is 0. The zero-order valence-electron chi connectivity index (χ0n) is 13.0. The average Bonchev–Trinajstić information content (AvgIpc) is 3.01. The molecule has 0 N–H and O–H groups in total. The number of hydrogen-bond acceptors (Lipinski definition) is 3. The van der Waals surface area contributed by atoms with Crippen LogP contribution in [0.4, 0.5) is 0 Å². The predicted molar refractivity (Wildman–Crippen MR) is 90.2 cm³/mol. The van der Waals surface area contributed by atoms with E-state index in [0.29, 0.717) is 13.2 Å². The van der Waals surface area contributed by atoms with Crippen LogP contribution in [-0.4, -0.2) is 20.3 Å². The van der Waals surface area contributed by atoms with E-state index in [4.69, 9.17) is 14.2 Å². The first-order chi connectivity index (χ1) is 10.6. The van der Waals surface area contributed by atoms with Crippen molar-refractivity contribution < 1.29 is 14.2 Å². The van der Waals surface area contributed by atoms with Crippen molar-refractivity contribution >= 4 is 15.9 Å². The standard InChI is InChI=1S/C18H19BrO3/c1-11-5-4-6-12(2)16(11)14-9-13(18-21-7-8-22-18)10-15(19)17(14)20-3/h4-6,9-10,18H,7-8H2,1-3H3. The van der Waals surface area contributed by atoms with Crippen molar-refractivity contribution in [2.75, 3.05) is 20.3 Å². The molecule has 2 aromatic rings. The molecule has 0 saturated carbocycles. The second-order valence-electron chi connectivity index (χ2n) is 5.42. The van der Waals surface area contributed by atoms with E-state index < -0.39 is 0 Å². The molecule has 22 heavy (non-hydrogen) atoms. The van der Waals surface area contributed by atoms with Crippen LogP contribution in [-0.2, 0) is 9.47 Å². The van der Waals surface area contributed by atoms with Gasteiger partial charge in [-0.3, -0.25) is 0 Å². The van der Waals surface area contributed by atoms with Gasteiger partial charge in [-0.2, -0.15) is 0 Å². The topological polar surface area (TPSA) is 27.7 Å². The van der Waals surface area contributed by atoms with E-state index in [-0.39, 0.29) is 6.29 Å². The van der Waals surface area contributed by atoms with Gasteiger partial charge in [0, 0.05) is 11.1 Å². The molecule has 0 aliphatic carbocycles. The zero-order chi connectivity index (χ0) is 15.7. The highest BCUT2D eigenvalue weighted by atomic mass is 79.9. The van der Waals surface area contributed by atoms with Gasteiger partial charge in [-0.25, -0.2) is 0 Å². The molecule has 0 atom stereocenters. The van der Waals surface area contributed by atoms with Gasteiger partial charge >= 0.3 is 0 Å². The number of benzene rings is 2. The van der Waals surface area contributed by atoms with Crippen LogP contribution in [0, 0.1) is 13.8 Å². The number of halogens is 1. The fourth-order valence-corrected chi connectivity index (χ4v) is 3.57. The third-order valence-corrected chi connectivity index (χ3v) is 4.50. The van der Waals surface area contributed by atoms with Gasteiger partial charge in [0.25, 0.3) is 0 Å². The van der Waals surface area contributed by atoms with Crippen LogP contribution in [0.2, 0.25) is 0 Å². The first-order valence-electron chi connectivity index (χ1n) is 7.29. The summed E-state index contributed by atoms with van der Waals surface area (Å²) in [6.45, 7) is 5.50. The minimum absolute atomic E-state index is 0.301. The Morgan fingerprint density at radius 3 is 2.32 bits per heavy atom. The van der Waals surface area contributed by atoms with E-state index in [1.165, 1.54) is 16.7 Å². The highest BCUT2D eigenvalue weighted by Crippen LogP contribution is 2.42. The Balaban J connectivity index is 2.20. The van der Waals surface area contributed by atoms with Gasteiger partial charge in [-0.05, 0) is 58.6 Å². The monoisotopic (exact) mass is 362 g/mol. The van der Waals surface area contributed by atoms with Crippen molar-refractivity contribution in [3.8, 4) is 16.9 Å². The minimum atomic E-state index is -0.301. The molecule has 1 heterocycles. The third-order valence-electron chi connectivity index (χ3n) is 3.91. The Bertz CT molecular complexity index is 671. The van der Waals surface area contributed by atoms with Gasteiger partial charge in [-0.1, -0.05) is 18.2 Å². The van der Waals surface area contributed by atoms with Crippen LogP contribution in [0.1, 0.15) is 23.0 Å². The largest absolute Gasteiger partial charge is 0.495 e. The fourth-order valence-electron chi connectivity index (χ4n) is 2.93. The summed E-state index contributed by atoms with van der Waals surface area (Å²) in [6, 6.07) is 10.4. The lowest BCUT2D eigenvalue weighted by Gasteiger charge is -2.18. The van der Waals surface area contributed by atoms with Crippen LogP contribution in [0.5, 0.6) is 5.75 Å². The first-order valence-corrected chi connectivity index (χ1v) is 8.08. The van der Waals surface area contributed by atoms with E-state index in [1.54, 1.807) is 7.11 Å². The van der Waals surface area contributed by atoms with E-state index in [2.05, 4.69) is 54.0 Å². The second-order valence-corrected chi connectivity index (χ2v) is 6.28. The molecule has 3 rings (SSSR count). The maximum atomic E-state index is 5.63. The maximum Gasteiger partial charge on any atom is 0.184 e. The highest BCUT2D eigenvalue weighted by Gasteiger charge is 2.23. The van der Waals surface area contributed by atoms with Gasteiger partial charge in [0.05, 0.1) is 24.8 Å². The van der Waals surface area contributed by atoms with Crippen LogP contribution >= 0.6 is 15.9 Å². The van der Waals surface area contributed by atoms with Gasteiger partial charge in [0.1, 0.15) is 5.75 Å². The molecule has 0 unspecified atom stereocenters. The number of hydrogen-bond donors (Lipinski definition) is 0. The summed E-state index contributed by atoms with van der Waals surface area (Å²) in [5.41, 5.74) is 5.69.